The standard InChI is InChI=1S/C9H23NSi/c1-4-6-7-10(5-2)8-9(3)11/h9H,4-8H2,1-3,11H3. The topological polar surface area (TPSA) is 3.24 Å². The van der Waals surface area contributed by atoms with Gasteiger partial charge in [-0.15, -0.1) is 0 Å². The average molecular weight is 173 g/mol. The highest BCUT2D eigenvalue weighted by atomic mass is 28.1. The molecule has 0 radical (unpaired) electrons. The molecule has 0 fully saturated rings. The van der Waals surface area contributed by atoms with Gasteiger partial charge in [0.05, 0.1) is 0 Å². The SMILES string of the molecule is CCCCN(CC)CC(C)[SiH3]. The van der Waals surface area contributed by atoms with Crippen molar-refractivity contribution in [3.8, 4) is 0 Å². The lowest BCUT2D eigenvalue weighted by molar-refractivity contribution is 0.284. The van der Waals surface area contributed by atoms with Crippen LogP contribution in [0.1, 0.15) is 33.6 Å². The molecule has 0 aromatic carbocycles. The summed E-state index contributed by atoms with van der Waals surface area (Å²) in [7, 11) is 1.34. The van der Waals surface area contributed by atoms with E-state index in [0.717, 1.165) is 5.54 Å². The molecule has 0 saturated heterocycles. The Labute approximate surface area is 74.6 Å². The lowest BCUT2D eigenvalue weighted by Gasteiger charge is -2.21. The second-order valence-electron chi connectivity index (χ2n) is 3.64. The largest absolute Gasteiger partial charge is 0.304 e. The average Bonchev–Trinajstić information content (AvgIpc) is 1.97. The fraction of sp³-hybridized carbons (Fsp3) is 1.00. The normalized spacial score (nSPS) is 14.2. The molecule has 1 unspecified atom stereocenters. The highest BCUT2D eigenvalue weighted by Crippen LogP contribution is 2.02. The Balaban J connectivity index is 3.41. The van der Waals surface area contributed by atoms with Gasteiger partial charge in [-0.1, -0.05) is 27.2 Å². The first kappa shape index (κ1) is 11.2. The van der Waals surface area contributed by atoms with Gasteiger partial charge in [0.15, 0.2) is 0 Å². The first-order valence-corrected chi connectivity index (χ1v) is 6.08. The van der Waals surface area contributed by atoms with Gasteiger partial charge in [0.25, 0.3) is 0 Å². The Morgan fingerprint density at radius 1 is 1.36 bits per heavy atom. The first-order chi connectivity index (χ1) is 5.20. The van der Waals surface area contributed by atoms with Gasteiger partial charge in [0.1, 0.15) is 0 Å². The molecular formula is C9H23NSi. The third-order valence-electron chi connectivity index (χ3n) is 1.90. The van der Waals surface area contributed by atoms with Crippen LogP contribution < -0.4 is 0 Å². The van der Waals surface area contributed by atoms with Crippen LogP contribution in [0.3, 0.4) is 0 Å². The van der Waals surface area contributed by atoms with E-state index in [1.54, 1.807) is 0 Å². The molecule has 2 heteroatoms. The molecule has 0 heterocycles. The zero-order valence-corrected chi connectivity index (χ0v) is 10.6. The third kappa shape index (κ3) is 6.57. The van der Waals surface area contributed by atoms with Crippen LogP contribution in [-0.4, -0.2) is 34.8 Å². The highest BCUT2D eigenvalue weighted by molar-refractivity contribution is 6.11. The molecule has 0 aromatic rings. The van der Waals surface area contributed by atoms with Crippen molar-refractivity contribution in [2.45, 2.75) is 39.2 Å². The molecule has 0 aliphatic carbocycles. The molecule has 68 valence electrons. The van der Waals surface area contributed by atoms with E-state index in [9.17, 15) is 0 Å². The molecule has 0 amide bonds. The van der Waals surface area contributed by atoms with E-state index < -0.39 is 0 Å². The first-order valence-electron chi connectivity index (χ1n) is 4.93. The molecule has 0 aromatic heterocycles. The Morgan fingerprint density at radius 2 is 2.00 bits per heavy atom. The molecule has 0 rings (SSSR count). The van der Waals surface area contributed by atoms with Crippen molar-refractivity contribution >= 4 is 10.2 Å². The van der Waals surface area contributed by atoms with Crippen LogP contribution in [0.15, 0.2) is 0 Å². The lowest BCUT2D eigenvalue weighted by Crippen LogP contribution is -2.27. The molecule has 0 aliphatic rings. The molecule has 0 aliphatic heterocycles. The quantitative estimate of drug-likeness (QED) is 0.547. The van der Waals surface area contributed by atoms with Crippen molar-refractivity contribution in [1.82, 2.24) is 4.90 Å². The third-order valence-corrected chi connectivity index (χ3v) is 2.26. The van der Waals surface area contributed by atoms with E-state index in [2.05, 4.69) is 25.7 Å². The summed E-state index contributed by atoms with van der Waals surface area (Å²) in [5.41, 5.74) is 0.951. The van der Waals surface area contributed by atoms with Crippen molar-refractivity contribution in [1.29, 1.82) is 0 Å². The van der Waals surface area contributed by atoms with E-state index in [-0.39, 0.29) is 0 Å². The summed E-state index contributed by atoms with van der Waals surface area (Å²) in [6.07, 6.45) is 2.69. The fourth-order valence-corrected chi connectivity index (χ4v) is 1.79. The van der Waals surface area contributed by atoms with Crippen LogP contribution >= 0.6 is 0 Å². The highest BCUT2D eigenvalue weighted by Gasteiger charge is 2.02. The number of hydrogen-bond acceptors (Lipinski definition) is 1. The summed E-state index contributed by atoms with van der Waals surface area (Å²) in [6.45, 7) is 10.7. The predicted molar refractivity (Wildman–Crippen MR) is 56.4 cm³/mol. The minimum Gasteiger partial charge on any atom is -0.304 e. The maximum atomic E-state index is 2.57. The van der Waals surface area contributed by atoms with Gasteiger partial charge in [0.2, 0.25) is 0 Å². The Kier molecular flexibility index (Phi) is 6.97. The Bertz CT molecular complexity index is 83.6. The second-order valence-corrected chi connectivity index (χ2v) is 5.61. The zero-order valence-electron chi connectivity index (χ0n) is 8.56. The van der Waals surface area contributed by atoms with E-state index in [1.807, 2.05) is 0 Å². The van der Waals surface area contributed by atoms with E-state index in [0.29, 0.717) is 0 Å². The Morgan fingerprint density at radius 3 is 2.36 bits per heavy atom. The van der Waals surface area contributed by atoms with Crippen LogP contribution in [0, 0.1) is 0 Å². The van der Waals surface area contributed by atoms with Gasteiger partial charge in [-0.3, -0.25) is 0 Å². The molecule has 1 nitrogen and oxygen atoms in total. The van der Waals surface area contributed by atoms with Crippen molar-refractivity contribution < 1.29 is 0 Å². The van der Waals surface area contributed by atoms with Crippen molar-refractivity contribution in [2.75, 3.05) is 19.6 Å². The van der Waals surface area contributed by atoms with Crippen LogP contribution in [0.5, 0.6) is 0 Å². The van der Waals surface area contributed by atoms with Gasteiger partial charge in [-0.25, -0.2) is 0 Å². The number of rotatable bonds is 6. The molecule has 0 N–H and O–H groups in total. The van der Waals surface area contributed by atoms with Gasteiger partial charge >= 0.3 is 0 Å². The summed E-state index contributed by atoms with van der Waals surface area (Å²) in [5.74, 6) is 0. The van der Waals surface area contributed by atoms with Crippen molar-refractivity contribution in [3.05, 3.63) is 0 Å². The molecule has 0 saturated carbocycles. The summed E-state index contributed by atoms with van der Waals surface area (Å²) >= 11 is 0. The van der Waals surface area contributed by atoms with Gasteiger partial charge < -0.3 is 4.90 Å². The van der Waals surface area contributed by atoms with Gasteiger partial charge in [-0.05, 0) is 31.6 Å². The van der Waals surface area contributed by atoms with Crippen LogP contribution in [0.25, 0.3) is 0 Å². The fourth-order valence-electron chi connectivity index (χ4n) is 1.28. The van der Waals surface area contributed by atoms with Crippen LogP contribution in [-0.2, 0) is 0 Å². The number of unbranched alkanes of at least 4 members (excludes halogenated alkanes) is 1. The summed E-state index contributed by atoms with van der Waals surface area (Å²) in [4.78, 5) is 2.57. The van der Waals surface area contributed by atoms with Crippen molar-refractivity contribution in [3.63, 3.8) is 0 Å². The van der Waals surface area contributed by atoms with E-state index in [1.165, 1.54) is 42.7 Å². The molecule has 0 bridgehead atoms. The molecular weight excluding hydrogens is 150 g/mol. The monoisotopic (exact) mass is 173 g/mol. The van der Waals surface area contributed by atoms with Crippen molar-refractivity contribution in [2.24, 2.45) is 0 Å². The maximum Gasteiger partial charge on any atom is 0.00800 e. The Hall–Kier alpha value is 0.177. The van der Waals surface area contributed by atoms with Gasteiger partial charge in [0, 0.05) is 10.2 Å². The minimum absolute atomic E-state index is 0.951. The molecule has 11 heavy (non-hydrogen) atoms. The summed E-state index contributed by atoms with van der Waals surface area (Å²) in [5, 5.41) is 0. The zero-order chi connectivity index (χ0) is 8.69. The summed E-state index contributed by atoms with van der Waals surface area (Å²) in [6, 6.07) is 0. The molecule has 1 atom stereocenters. The van der Waals surface area contributed by atoms with E-state index >= 15 is 0 Å². The number of nitrogens with zero attached hydrogens (tertiary/aromatic N) is 1. The smallest absolute Gasteiger partial charge is 0.00800 e. The summed E-state index contributed by atoms with van der Waals surface area (Å²) < 4.78 is 0. The van der Waals surface area contributed by atoms with Crippen LogP contribution in [0.2, 0.25) is 5.54 Å². The predicted octanol–water partition coefficient (Wildman–Crippen LogP) is 1.28. The minimum atomic E-state index is 0.951. The molecule has 0 spiro atoms. The van der Waals surface area contributed by atoms with Gasteiger partial charge in [-0.2, -0.15) is 0 Å². The lowest BCUT2D eigenvalue weighted by atomic mass is 10.3. The number of hydrogen-bond donors (Lipinski definition) is 0. The second kappa shape index (κ2) is 6.86. The maximum absolute atomic E-state index is 2.57. The van der Waals surface area contributed by atoms with Crippen LogP contribution in [0.4, 0.5) is 0 Å². The van der Waals surface area contributed by atoms with E-state index in [4.69, 9.17) is 0 Å².